The molecule has 0 saturated heterocycles. The van der Waals surface area contributed by atoms with Gasteiger partial charge in [-0.15, -0.1) is 0 Å². The Hall–Kier alpha value is -1.27. The van der Waals surface area contributed by atoms with Gasteiger partial charge in [0.15, 0.2) is 0 Å². The molecule has 0 fully saturated rings. The molecule has 0 aliphatic heterocycles. The summed E-state index contributed by atoms with van der Waals surface area (Å²) >= 11 is 0. The fourth-order valence-electron chi connectivity index (χ4n) is 0.735. The van der Waals surface area contributed by atoms with Crippen molar-refractivity contribution in [2.24, 2.45) is 0 Å². The Balaban J connectivity index is 0.000000364. The van der Waals surface area contributed by atoms with E-state index in [9.17, 15) is 0 Å². The Morgan fingerprint density at radius 1 is 1.21 bits per heavy atom. The number of nitrogens with zero attached hydrogens (tertiary/aromatic N) is 2. The van der Waals surface area contributed by atoms with Gasteiger partial charge < -0.3 is 4.90 Å². The molecule has 0 aromatic heterocycles. The van der Waals surface area contributed by atoms with Crippen LogP contribution in [0.1, 0.15) is 11.4 Å². The third-order valence-corrected chi connectivity index (χ3v) is 1.30. The van der Waals surface area contributed by atoms with Crippen molar-refractivity contribution in [2.45, 2.75) is 5.82 Å². The molecule has 0 heterocycles. The van der Waals surface area contributed by atoms with Gasteiger partial charge >= 0.3 is 0 Å². The largest absolute Gasteiger partial charge is 0.312 e. The van der Waals surface area contributed by atoms with Crippen molar-refractivity contribution in [2.75, 3.05) is 21.1 Å². The number of benzene rings is 1. The van der Waals surface area contributed by atoms with Crippen LogP contribution in [0.15, 0.2) is 30.3 Å². The molecule has 3 heteroatoms. The van der Waals surface area contributed by atoms with Gasteiger partial charge in [0.25, 0.3) is 0 Å². The molecule has 0 spiro atoms. The third-order valence-electron chi connectivity index (χ3n) is 1.30. The standard InChI is InChI=1S/C8H6BN.C3H9N/c9-8(6-10)7-4-2-1-3-5-7;1-4(2)3/h1-5,8H;1-3H3. The second-order valence-corrected chi connectivity index (χ2v) is 3.36. The Morgan fingerprint density at radius 2 is 1.64 bits per heavy atom. The molecule has 72 valence electrons. The van der Waals surface area contributed by atoms with Crippen LogP contribution in [0, 0.1) is 11.3 Å². The van der Waals surface area contributed by atoms with Crippen LogP contribution in [0.4, 0.5) is 0 Å². The summed E-state index contributed by atoms with van der Waals surface area (Å²) in [6, 6.07) is 11.3. The van der Waals surface area contributed by atoms with Crippen molar-refractivity contribution in [3.63, 3.8) is 0 Å². The molecule has 1 rings (SSSR count). The van der Waals surface area contributed by atoms with Crippen LogP contribution in [-0.4, -0.2) is 33.9 Å². The van der Waals surface area contributed by atoms with Gasteiger partial charge in [-0.25, -0.2) is 0 Å². The van der Waals surface area contributed by atoms with Gasteiger partial charge in [0.05, 0.1) is 13.9 Å². The number of rotatable bonds is 1. The van der Waals surface area contributed by atoms with Gasteiger partial charge in [-0.05, 0) is 26.7 Å². The highest BCUT2D eigenvalue weighted by Crippen LogP contribution is 2.08. The van der Waals surface area contributed by atoms with Crippen molar-refractivity contribution >= 4 is 7.85 Å². The maximum atomic E-state index is 8.41. The lowest BCUT2D eigenvalue weighted by Crippen LogP contribution is -1.99. The summed E-state index contributed by atoms with van der Waals surface area (Å²) in [5.74, 6) is -0.485. The average Bonchev–Trinajstić information content (AvgIpc) is 2.17. The van der Waals surface area contributed by atoms with Crippen LogP contribution in [0.25, 0.3) is 0 Å². The minimum atomic E-state index is -0.485. The van der Waals surface area contributed by atoms with E-state index in [1.165, 1.54) is 0 Å². The lowest BCUT2D eigenvalue weighted by atomic mass is 9.83. The van der Waals surface area contributed by atoms with E-state index in [-0.39, 0.29) is 0 Å². The quantitative estimate of drug-likeness (QED) is 0.622. The fourth-order valence-corrected chi connectivity index (χ4v) is 0.735. The molecule has 0 saturated carbocycles. The van der Waals surface area contributed by atoms with Gasteiger partial charge in [-0.1, -0.05) is 30.3 Å². The van der Waals surface area contributed by atoms with Crippen LogP contribution >= 0.6 is 0 Å². The highest BCUT2D eigenvalue weighted by molar-refractivity contribution is 6.14. The molecule has 1 unspecified atom stereocenters. The third kappa shape index (κ3) is 6.27. The number of hydrogen-bond acceptors (Lipinski definition) is 2. The molecule has 0 bridgehead atoms. The molecule has 2 nitrogen and oxygen atoms in total. The first kappa shape index (κ1) is 12.7. The Morgan fingerprint density at radius 3 is 2.00 bits per heavy atom. The molecule has 0 N–H and O–H groups in total. The normalized spacial score (nSPS) is 11.1. The smallest absolute Gasteiger partial charge is 0.0969 e. The number of nitriles is 1. The van der Waals surface area contributed by atoms with Crippen LogP contribution in [0.3, 0.4) is 0 Å². The first-order chi connectivity index (χ1) is 6.57. The molecule has 1 aromatic carbocycles. The molecule has 1 aromatic rings. The first-order valence-electron chi connectivity index (χ1n) is 4.39. The van der Waals surface area contributed by atoms with Gasteiger partial charge in [0, 0.05) is 5.82 Å². The molecule has 0 aliphatic rings. The SMILES string of the molecule is CN(C)C.[B]C(C#N)c1ccccc1. The lowest BCUT2D eigenvalue weighted by molar-refractivity contribution is 0.505. The van der Waals surface area contributed by atoms with Crippen molar-refractivity contribution in [3.8, 4) is 6.07 Å². The zero-order chi connectivity index (χ0) is 11.0. The van der Waals surface area contributed by atoms with Crippen LogP contribution < -0.4 is 0 Å². The van der Waals surface area contributed by atoms with Gasteiger partial charge in [-0.2, -0.15) is 5.26 Å². The lowest BCUT2D eigenvalue weighted by Gasteiger charge is -1.99. The second kappa shape index (κ2) is 7.17. The van der Waals surface area contributed by atoms with Gasteiger partial charge in [0.2, 0.25) is 0 Å². The van der Waals surface area contributed by atoms with E-state index in [0.717, 1.165) is 5.56 Å². The van der Waals surface area contributed by atoms with Crippen molar-refractivity contribution in [1.82, 2.24) is 4.90 Å². The van der Waals surface area contributed by atoms with E-state index in [1.54, 1.807) is 0 Å². The predicted octanol–water partition coefficient (Wildman–Crippen LogP) is 1.60. The maximum absolute atomic E-state index is 8.41. The van der Waals surface area contributed by atoms with Crippen LogP contribution in [0.5, 0.6) is 0 Å². The summed E-state index contributed by atoms with van der Waals surface area (Å²) in [4.78, 5) is 2.00. The monoisotopic (exact) mass is 186 g/mol. The minimum Gasteiger partial charge on any atom is -0.312 e. The summed E-state index contributed by atoms with van der Waals surface area (Å²) in [5.41, 5.74) is 0.866. The Labute approximate surface area is 87.6 Å². The summed E-state index contributed by atoms with van der Waals surface area (Å²) in [5, 5.41) is 8.41. The summed E-state index contributed by atoms with van der Waals surface area (Å²) in [6.45, 7) is 0. The summed E-state index contributed by atoms with van der Waals surface area (Å²) in [7, 11) is 11.4. The molecule has 2 radical (unpaired) electrons. The van der Waals surface area contributed by atoms with Crippen molar-refractivity contribution < 1.29 is 0 Å². The van der Waals surface area contributed by atoms with E-state index in [4.69, 9.17) is 13.1 Å². The van der Waals surface area contributed by atoms with Crippen LogP contribution in [-0.2, 0) is 0 Å². The van der Waals surface area contributed by atoms with Crippen molar-refractivity contribution in [3.05, 3.63) is 35.9 Å². The van der Waals surface area contributed by atoms with E-state index >= 15 is 0 Å². The zero-order valence-corrected chi connectivity index (χ0v) is 8.94. The molecular weight excluding hydrogens is 171 g/mol. The second-order valence-electron chi connectivity index (χ2n) is 3.36. The summed E-state index contributed by atoms with van der Waals surface area (Å²) < 4.78 is 0. The Kier molecular flexibility index (Phi) is 6.52. The van der Waals surface area contributed by atoms with Crippen LogP contribution in [0.2, 0.25) is 0 Å². The van der Waals surface area contributed by atoms with E-state index in [0.29, 0.717) is 0 Å². The summed E-state index contributed by atoms with van der Waals surface area (Å²) in [6.07, 6.45) is 0. The highest BCUT2D eigenvalue weighted by Gasteiger charge is 1.99. The molecule has 0 aliphatic carbocycles. The molecule has 0 amide bonds. The average molecular weight is 186 g/mol. The maximum Gasteiger partial charge on any atom is 0.0969 e. The van der Waals surface area contributed by atoms with E-state index in [1.807, 2.05) is 62.4 Å². The van der Waals surface area contributed by atoms with E-state index < -0.39 is 5.82 Å². The zero-order valence-electron chi connectivity index (χ0n) is 8.94. The van der Waals surface area contributed by atoms with Crippen molar-refractivity contribution in [1.29, 1.82) is 5.26 Å². The highest BCUT2D eigenvalue weighted by atomic mass is 15.0. The van der Waals surface area contributed by atoms with Gasteiger partial charge in [0.1, 0.15) is 0 Å². The molecule has 1 atom stereocenters. The number of hydrogen-bond donors (Lipinski definition) is 0. The molecular formula is C11H15BN2. The van der Waals surface area contributed by atoms with Gasteiger partial charge in [-0.3, -0.25) is 0 Å². The Bertz CT molecular complexity index is 274. The fraction of sp³-hybridized carbons (Fsp3) is 0.364. The molecule has 14 heavy (non-hydrogen) atoms. The van der Waals surface area contributed by atoms with E-state index in [2.05, 4.69) is 0 Å². The first-order valence-corrected chi connectivity index (χ1v) is 4.39. The predicted molar refractivity (Wildman–Crippen MR) is 60.2 cm³/mol. The minimum absolute atomic E-state index is 0.485. The topological polar surface area (TPSA) is 27.0 Å².